The smallest absolute Gasteiger partial charge is 0.129 e. The summed E-state index contributed by atoms with van der Waals surface area (Å²) < 4.78 is 17.9. The van der Waals surface area contributed by atoms with Crippen molar-refractivity contribution in [2.75, 3.05) is 6.61 Å². The highest BCUT2D eigenvalue weighted by Crippen LogP contribution is 2.11. The van der Waals surface area contributed by atoms with Gasteiger partial charge in [0.05, 0.1) is 6.61 Å². The number of Topliss-reactive ketones (excluding diaryl/α,β-unsaturated/α-hetero) is 1. The molecule has 3 heteroatoms. The van der Waals surface area contributed by atoms with E-state index < -0.39 is 0 Å². The van der Waals surface area contributed by atoms with Crippen molar-refractivity contribution >= 4 is 5.78 Å². The number of unbranched alkanes of at least 4 members (excludes halogenated alkanes) is 1. The summed E-state index contributed by atoms with van der Waals surface area (Å²) in [5.41, 5.74) is 0. The average Bonchev–Trinajstić information content (AvgIpc) is 2.20. The molecule has 15 heavy (non-hydrogen) atoms. The number of ketones is 1. The number of hydrogen-bond acceptors (Lipinski definition) is 2. The van der Waals surface area contributed by atoms with Crippen LogP contribution >= 0.6 is 0 Å². The zero-order valence-electron chi connectivity index (χ0n) is 8.83. The molecule has 0 saturated heterocycles. The lowest BCUT2D eigenvalue weighted by molar-refractivity contribution is -0.117. The number of rotatable bonds is 6. The molecule has 0 N–H and O–H groups in total. The summed E-state index contributed by atoms with van der Waals surface area (Å²) >= 11 is 0. The molecule has 0 heterocycles. The molecule has 0 bridgehead atoms. The minimum Gasteiger partial charge on any atom is -0.494 e. The van der Waals surface area contributed by atoms with E-state index in [9.17, 15) is 9.18 Å². The number of carbonyl (C=O) groups is 1. The molecule has 0 fully saturated rings. The fourth-order valence-electron chi connectivity index (χ4n) is 1.20. The van der Waals surface area contributed by atoms with E-state index in [1.54, 1.807) is 19.1 Å². The predicted molar refractivity (Wildman–Crippen MR) is 56.4 cm³/mol. The topological polar surface area (TPSA) is 26.3 Å². The third kappa shape index (κ3) is 5.15. The lowest BCUT2D eigenvalue weighted by Crippen LogP contribution is -1.99. The van der Waals surface area contributed by atoms with E-state index in [2.05, 4.69) is 0 Å². The predicted octanol–water partition coefficient (Wildman–Crippen LogP) is 2.96. The highest BCUT2D eigenvalue weighted by Gasteiger charge is 1.96. The molecule has 0 saturated carbocycles. The van der Waals surface area contributed by atoms with Gasteiger partial charge in [0.1, 0.15) is 17.3 Å². The van der Waals surface area contributed by atoms with E-state index in [1.807, 2.05) is 0 Å². The fourth-order valence-corrected chi connectivity index (χ4v) is 1.20. The monoisotopic (exact) mass is 210 g/mol. The van der Waals surface area contributed by atoms with Crippen LogP contribution in [0.5, 0.6) is 5.75 Å². The van der Waals surface area contributed by atoms with Gasteiger partial charge in [-0.2, -0.15) is 0 Å². The lowest BCUT2D eigenvalue weighted by Gasteiger charge is -2.04. The van der Waals surface area contributed by atoms with Crippen LogP contribution in [0.3, 0.4) is 0 Å². The maximum Gasteiger partial charge on any atom is 0.129 e. The maximum atomic E-state index is 12.5. The van der Waals surface area contributed by atoms with Crippen LogP contribution < -0.4 is 4.74 Å². The maximum absolute atomic E-state index is 12.5. The second-order valence-corrected chi connectivity index (χ2v) is 3.46. The number of halogens is 1. The van der Waals surface area contributed by atoms with Gasteiger partial charge in [-0.05, 0) is 44.0 Å². The van der Waals surface area contributed by atoms with Crippen LogP contribution in [0.4, 0.5) is 4.39 Å². The Labute approximate surface area is 89.1 Å². The molecule has 0 radical (unpaired) electrons. The Bertz CT molecular complexity index is 306. The van der Waals surface area contributed by atoms with Crippen LogP contribution in [0.1, 0.15) is 26.2 Å². The van der Waals surface area contributed by atoms with Crippen molar-refractivity contribution in [2.45, 2.75) is 26.2 Å². The van der Waals surface area contributed by atoms with Crippen LogP contribution in [0, 0.1) is 5.82 Å². The van der Waals surface area contributed by atoms with E-state index in [0.29, 0.717) is 18.8 Å². The van der Waals surface area contributed by atoms with E-state index in [4.69, 9.17) is 4.74 Å². The zero-order chi connectivity index (χ0) is 11.1. The molecule has 1 rings (SSSR count). The van der Waals surface area contributed by atoms with Crippen LogP contribution in [0.25, 0.3) is 0 Å². The van der Waals surface area contributed by atoms with Crippen molar-refractivity contribution in [2.24, 2.45) is 0 Å². The minimum atomic E-state index is -0.265. The van der Waals surface area contributed by atoms with E-state index in [1.165, 1.54) is 12.1 Å². The highest BCUT2D eigenvalue weighted by atomic mass is 19.1. The van der Waals surface area contributed by atoms with E-state index >= 15 is 0 Å². The third-order valence-electron chi connectivity index (χ3n) is 2.01. The summed E-state index contributed by atoms with van der Waals surface area (Å²) in [7, 11) is 0. The first-order chi connectivity index (χ1) is 7.18. The first-order valence-electron chi connectivity index (χ1n) is 5.06. The molecule has 0 spiro atoms. The van der Waals surface area contributed by atoms with Crippen molar-refractivity contribution in [1.29, 1.82) is 0 Å². The minimum absolute atomic E-state index is 0.205. The Morgan fingerprint density at radius 1 is 1.27 bits per heavy atom. The normalized spacial score (nSPS) is 10.0. The van der Waals surface area contributed by atoms with Gasteiger partial charge in [-0.1, -0.05) is 0 Å². The molecule has 0 aliphatic carbocycles. The van der Waals surface area contributed by atoms with Gasteiger partial charge in [-0.25, -0.2) is 4.39 Å². The third-order valence-corrected chi connectivity index (χ3v) is 2.01. The standard InChI is InChI=1S/C12H15FO2/c1-10(14)4-2-3-9-15-12-7-5-11(13)6-8-12/h5-8H,2-4,9H2,1H3. The van der Waals surface area contributed by atoms with E-state index in [-0.39, 0.29) is 11.6 Å². The van der Waals surface area contributed by atoms with Crippen LogP contribution in [0.15, 0.2) is 24.3 Å². The Kier molecular flexibility index (Phi) is 4.81. The summed E-state index contributed by atoms with van der Waals surface area (Å²) in [5.74, 6) is 0.606. The molecule has 0 unspecified atom stereocenters. The van der Waals surface area contributed by atoms with Crippen LogP contribution in [0.2, 0.25) is 0 Å². The van der Waals surface area contributed by atoms with Gasteiger partial charge in [0.15, 0.2) is 0 Å². The molecular formula is C12H15FO2. The first-order valence-corrected chi connectivity index (χ1v) is 5.06. The van der Waals surface area contributed by atoms with Gasteiger partial charge >= 0.3 is 0 Å². The second kappa shape index (κ2) is 6.17. The van der Waals surface area contributed by atoms with E-state index in [0.717, 1.165) is 12.8 Å². The summed E-state index contributed by atoms with van der Waals surface area (Å²) in [6, 6.07) is 5.93. The first kappa shape index (κ1) is 11.7. The molecule has 2 nitrogen and oxygen atoms in total. The van der Waals surface area contributed by atoms with Crippen LogP contribution in [-0.2, 0) is 4.79 Å². The molecule has 0 aliphatic heterocycles. The summed E-state index contributed by atoms with van der Waals surface area (Å²) in [4.78, 5) is 10.6. The highest BCUT2D eigenvalue weighted by molar-refractivity contribution is 5.75. The SMILES string of the molecule is CC(=O)CCCCOc1ccc(F)cc1. The largest absolute Gasteiger partial charge is 0.494 e. The zero-order valence-corrected chi connectivity index (χ0v) is 8.83. The van der Waals surface area contributed by atoms with Gasteiger partial charge in [0, 0.05) is 6.42 Å². The number of ether oxygens (including phenoxy) is 1. The Balaban J connectivity index is 2.15. The van der Waals surface area contributed by atoms with Crippen molar-refractivity contribution in [3.05, 3.63) is 30.1 Å². The van der Waals surface area contributed by atoms with Crippen molar-refractivity contribution in [1.82, 2.24) is 0 Å². The number of carbonyl (C=O) groups excluding carboxylic acids is 1. The molecule has 1 aromatic rings. The molecule has 0 aliphatic rings. The average molecular weight is 210 g/mol. The van der Waals surface area contributed by atoms with Gasteiger partial charge in [-0.15, -0.1) is 0 Å². The number of hydrogen-bond donors (Lipinski definition) is 0. The van der Waals surface area contributed by atoms with Crippen molar-refractivity contribution in [3.63, 3.8) is 0 Å². The molecule has 0 aromatic heterocycles. The Morgan fingerprint density at radius 3 is 2.53 bits per heavy atom. The quantitative estimate of drug-likeness (QED) is 0.675. The molecular weight excluding hydrogens is 195 g/mol. The second-order valence-electron chi connectivity index (χ2n) is 3.46. The summed E-state index contributed by atoms with van der Waals surface area (Å²) in [5, 5.41) is 0. The van der Waals surface area contributed by atoms with Gasteiger partial charge in [0.2, 0.25) is 0 Å². The lowest BCUT2D eigenvalue weighted by atomic mass is 10.2. The molecule has 0 atom stereocenters. The Morgan fingerprint density at radius 2 is 1.93 bits per heavy atom. The summed E-state index contributed by atoms with van der Waals surface area (Å²) in [6.07, 6.45) is 2.29. The van der Waals surface area contributed by atoms with Crippen molar-refractivity contribution < 1.29 is 13.9 Å². The van der Waals surface area contributed by atoms with Crippen LogP contribution in [-0.4, -0.2) is 12.4 Å². The fraction of sp³-hybridized carbons (Fsp3) is 0.417. The van der Waals surface area contributed by atoms with Gasteiger partial charge < -0.3 is 9.53 Å². The van der Waals surface area contributed by atoms with Crippen molar-refractivity contribution in [3.8, 4) is 5.75 Å². The van der Waals surface area contributed by atoms with Gasteiger partial charge in [0.25, 0.3) is 0 Å². The number of benzene rings is 1. The molecule has 0 amide bonds. The Hall–Kier alpha value is -1.38. The van der Waals surface area contributed by atoms with Gasteiger partial charge in [-0.3, -0.25) is 0 Å². The molecule has 82 valence electrons. The summed E-state index contributed by atoms with van der Waals surface area (Å²) in [6.45, 7) is 2.15. The molecule has 1 aromatic carbocycles.